The molecule has 4 aliphatic rings. The average Bonchev–Trinajstić information content (AvgIpc) is 3.43. The summed E-state index contributed by atoms with van der Waals surface area (Å²) in [5.74, 6) is -1.77. The Kier molecular flexibility index (Phi) is 3.44. The number of benzene rings is 2. The van der Waals surface area contributed by atoms with Crippen molar-refractivity contribution >= 4 is 29.1 Å². The molecule has 3 amide bonds. The molecule has 1 spiro atoms. The van der Waals surface area contributed by atoms with E-state index in [1.54, 1.807) is 0 Å². The van der Waals surface area contributed by atoms with Crippen molar-refractivity contribution in [3.8, 4) is 0 Å². The van der Waals surface area contributed by atoms with Crippen LogP contribution >= 0.6 is 0 Å². The van der Waals surface area contributed by atoms with Crippen LogP contribution in [-0.4, -0.2) is 35.2 Å². The smallest absolute Gasteiger partial charge is 0.250 e. The summed E-state index contributed by atoms with van der Waals surface area (Å²) in [6, 6.07) is 13.2. The van der Waals surface area contributed by atoms with Crippen LogP contribution in [0.3, 0.4) is 0 Å². The van der Waals surface area contributed by atoms with Crippen LogP contribution in [0.2, 0.25) is 0 Å². The fraction of sp³-hybridized carbons (Fsp3) is 0.375. The van der Waals surface area contributed by atoms with Crippen molar-refractivity contribution in [2.75, 3.05) is 16.8 Å². The van der Waals surface area contributed by atoms with Gasteiger partial charge in [0.05, 0.1) is 17.5 Å². The van der Waals surface area contributed by atoms with E-state index in [1.165, 1.54) is 4.90 Å². The monoisotopic (exact) mass is 401 g/mol. The summed E-state index contributed by atoms with van der Waals surface area (Å²) < 4.78 is 0. The van der Waals surface area contributed by atoms with Gasteiger partial charge in [0.25, 0.3) is 0 Å². The normalized spacial score (nSPS) is 32.0. The van der Waals surface area contributed by atoms with Gasteiger partial charge in [0.1, 0.15) is 5.54 Å². The molecule has 0 unspecified atom stereocenters. The standard InChI is InChI=1S/C24H23N3O3/c1-13-7-5-10-17(14(13)2)27-21(28)19-18-11-6-12-26(18)24(20(19)22(27)29)15-8-3-4-9-16(15)25-23(24)30/h3-5,7-10,18-20H,6,11-12H2,1-2H3,(H,25,30)/t18-,19+,20-,24-/m1/s1. The molecule has 0 aromatic heterocycles. The second-order valence-electron chi connectivity index (χ2n) is 8.90. The molecule has 3 saturated heterocycles. The summed E-state index contributed by atoms with van der Waals surface area (Å²) in [5.41, 5.74) is 3.09. The Bertz CT molecular complexity index is 1140. The zero-order valence-corrected chi connectivity index (χ0v) is 17.0. The molecule has 4 heterocycles. The van der Waals surface area contributed by atoms with E-state index in [9.17, 15) is 14.4 Å². The number of hydrogen-bond donors (Lipinski definition) is 1. The molecule has 30 heavy (non-hydrogen) atoms. The van der Waals surface area contributed by atoms with Gasteiger partial charge in [0, 0.05) is 17.3 Å². The van der Waals surface area contributed by atoms with Gasteiger partial charge < -0.3 is 5.32 Å². The molecule has 4 atom stereocenters. The summed E-state index contributed by atoms with van der Waals surface area (Å²) in [4.78, 5) is 44.7. The zero-order chi connectivity index (χ0) is 20.8. The molecular formula is C24H23N3O3. The number of aryl methyl sites for hydroxylation is 1. The predicted molar refractivity (Wildman–Crippen MR) is 112 cm³/mol. The maximum Gasteiger partial charge on any atom is 0.250 e. The fourth-order valence-electron chi connectivity index (χ4n) is 6.37. The Balaban J connectivity index is 1.57. The van der Waals surface area contributed by atoms with Crippen molar-refractivity contribution in [3.05, 3.63) is 59.2 Å². The van der Waals surface area contributed by atoms with Gasteiger partial charge in [-0.3, -0.25) is 19.3 Å². The van der Waals surface area contributed by atoms with Gasteiger partial charge in [-0.1, -0.05) is 30.3 Å². The van der Waals surface area contributed by atoms with Crippen molar-refractivity contribution in [2.45, 2.75) is 38.3 Å². The highest BCUT2D eigenvalue weighted by molar-refractivity contribution is 6.26. The average molecular weight is 401 g/mol. The summed E-state index contributed by atoms with van der Waals surface area (Å²) in [6.07, 6.45) is 1.76. The molecule has 6 rings (SSSR count). The number of imide groups is 1. The van der Waals surface area contributed by atoms with Gasteiger partial charge in [-0.25, -0.2) is 4.90 Å². The van der Waals surface area contributed by atoms with Crippen LogP contribution in [0.1, 0.15) is 29.5 Å². The van der Waals surface area contributed by atoms with Gasteiger partial charge in [-0.05, 0) is 56.5 Å². The maximum atomic E-state index is 13.9. The van der Waals surface area contributed by atoms with Crippen LogP contribution in [0.5, 0.6) is 0 Å². The van der Waals surface area contributed by atoms with Crippen LogP contribution in [0.25, 0.3) is 0 Å². The van der Waals surface area contributed by atoms with E-state index in [2.05, 4.69) is 10.2 Å². The van der Waals surface area contributed by atoms with Gasteiger partial charge in [0.2, 0.25) is 17.7 Å². The molecule has 3 fully saturated rings. The van der Waals surface area contributed by atoms with Crippen LogP contribution in [0, 0.1) is 25.7 Å². The lowest BCUT2D eigenvalue weighted by Crippen LogP contribution is -2.54. The van der Waals surface area contributed by atoms with Gasteiger partial charge >= 0.3 is 0 Å². The lowest BCUT2D eigenvalue weighted by atomic mass is 9.75. The minimum atomic E-state index is -1.10. The number of nitrogens with zero attached hydrogens (tertiary/aromatic N) is 2. The number of para-hydroxylation sites is 1. The SMILES string of the molecule is Cc1cccc(N2C(=O)[C@H]3[C@H]4CCCN4[C@@]4(C(=O)Nc5ccccc54)[C@H]3C2=O)c1C. The first-order chi connectivity index (χ1) is 14.5. The quantitative estimate of drug-likeness (QED) is 0.746. The number of hydrogen-bond acceptors (Lipinski definition) is 4. The molecule has 152 valence electrons. The summed E-state index contributed by atoms with van der Waals surface area (Å²) in [5, 5.41) is 3.00. The molecule has 0 saturated carbocycles. The largest absolute Gasteiger partial charge is 0.324 e. The first kappa shape index (κ1) is 17.8. The van der Waals surface area contributed by atoms with E-state index in [-0.39, 0.29) is 23.8 Å². The summed E-state index contributed by atoms with van der Waals surface area (Å²) in [7, 11) is 0. The topological polar surface area (TPSA) is 69.7 Å². The molecule has 0 aliphatic carbocycles. The highest BCUT2D eigenvalue weighted by Gasteiger charge is 2.74. The third kappa shape index (κ3) is 1.86. The minimum Gasteiger partial charge on any atom is -0.324 e. The van der Waals surface area contributed by atoms with E-state index >= 15 is 0 Å². The molecule has 0 radical (unpaired) electrons. The Labute approximate surface area is 174 Å². The number of nitrogens with one attached hydrogen (secondary N) is 1. The molecule has 2 aromatic carbocycles. The summed E-state index contributed by atoms with van der Waals surface area (Å²) in [6.45, 7) is 4.64. The second kappa shape index (κ2) is 5.79. The van der Waals surface area contributed by atoms with E-state index in [4.69, 9.17) is 0 Å². The predicted octanol–water partition coefficient (Wildman–Crippen LogP) is 2.73. The van der Waals surface area contributed by atoms with Crippen molar-refractivity contribution in [1.82, 2.24) is 4.90 Å². The van der Waals surface area contributed by atoms with Gasteiger partial charge in [0.15, 0.2) is 0 Å². The summed E-state index contributed by atoms with van der Waals surface area (Å²) >= 11 is 0. The Hall–Kier alpha value is -2.99. The number of rotatable bonds is 1. The fourth-order valence-corrected chi connectivity index (χ4v) is 6.37. The maximum absolute atomic E-state index is 13.9. The molecule has 4 aliphatic heterocycles. The van der Waals surface area contributed by atoms with E-state index in [1.807, 2.05) is 56.3 Å². The van der Waals surface area contributed by atoms with Crippen molar-refractivity contribution in [2.24, 2.45) is 11.8 Å². The molecule has 6 heteroatoms. The molecule has 1 N–H and O–H groups in total. The Morgan fingerprint density at radius 2 is 1.80 bits per heavy atom. The van der Waals surface area contributed by atoms with E-state index in [0.717, 1.165) is 41.8 Å². The number of fused-ring (bicyclic) bond motifs is 7. The number of amides is 3. The van der Waals surface area contributed by atoms with Crippen molar-refractivity contribution in [3.63, 3.8) is 0 Å². The first-order valence-electron chi connectivity index (χ1n) is 10.6. The number of carbonyl (C=O) groups is 3. The number of anilines is 2. The molecule has 2 aromatic rings. The Morgan fingerprint density at radius 3 is 2.63 bits per heavy atom. The van der Waals surface area contributed by atoms with E-state index in [0.29, 0.717) is 5.69 Å². The zero-order valence-electron chi connectivity index (χ0n) is 17.0. The lowest BCUT2D eigenvalue weighted by Gasteiger charge is -2.36. The Morgan fingerprint density at radius 1 is 1.00 bits per heavy atom. The second-order valence-corrected chi connectivity index (χ2v) is 8.90. The van der Waals surface area contributed by atoms with Gasteiger partial charge in [-0.2, -0.15) is 0 Å². The van der Waals surface area contributed by atoms with Crippen LogP contribution < -0.4 is 10.2 Å². The highest BCUT2D eigenvalue weighted by Crippen LogP contribution is 2.60. The van der Waals surface area contributed by atoms with E-state index < -0.39 is 17.4 Å². The van der Waals surface area contributed by atoms with Crippen molar-refractivity contribution < 1.29 is 14.4 Å². The van der Waals surface area contributed by atoms with Gasteiger partial charge in [-0.15, -0.1) is 0 Å². The number of carbonyl (C=O) groups excluding carboxylic acids is 3. The molecular weight excluding hydrogens is 378 g/mol. The van der Waals surface area contributed by atoms with Crippen LogP contribution in [0.4, 0.5) is 11.4 Å². The van der Waals surface area contributed by atoms with Crippen LogP contribution in [0.15, 0.2) is 42.5 Å². The highest BCUT2D eigenvalue weighted by atomic mass is 16.2. The van der Waals surface area contributed by atoms with Crippen molar-refractivity contribution in [1.29, 1.82) is 0 Å². The minimum absolute atomic E-state index is 0.0847. The molecule has 0 bridgehead atoms. The third-order valence-corrected chi connectivity index (χ3v) is 7.72. The van der Waals surface area contributed by atoms with Crippen LogP contribution in [-0.2, 0) is 19.9 Å². The first-order valence-corrected chi connectivity index (χ1v) is 10.6. The molecule has 6 nitrogen and oxygen atoms in total. The third-order valence-electron chi connectivity index (χ3n) is 7.72. The lowest BCUT2D eigenvalue weighted by molar-refractivity contribution is -0.135.